The van der Waals surface area contributed by atoms with E-state index < -0.39 is 0 Å². The molecule has 1 heterocycles. The van der Waals surface area contributed by atoms with E-state index in [4.69, 9.17) is 0 Å². The van der Waals surface area contributed by atoms with E-state index in [1.54, 1.807) is 0 Å². The van der Waals surface area contributed by atoms with Gasteiger partial charge >= 0.3 is 0 Å². The third-order valence-corrected chi connectivity index (χ3v) is 8.88. The van der Waals surface area contributed by atoms with Crippen LogP contribution >= 0.6 is 0 Å². The maximum absolute atomic E-state index is 2.38. The minimum absolute atomic E-state index is 1.11. The first-order chi connectivity index (χ1) is 23.1. The Morgan fingerprint density at radius 2 is 0.681 bits per heavy atom. The molecule has 7 aromatic carbocycles. The number of rotatable bonds is 7. The van der Waals surface area contributed by atoms with Crippen LogP contribution in [0.15, 0.2) is 176 Å². The first-order valence-corrected chi connectivity index (χ1v) is 16.1. The molecular formula is C44H35N3. The summed E-state index contributed by atoms with van der Waals surface area (Å²) in [6, 6.07) is 63.2. The van der Waals surface area contributed by atoms with E-state index >= 15 is 0 Å². The Balaban J connectivity index is 1.38. The van der Waals surface area contributed by atoms with Crippen molar-refractivity contribution in [3.8, 4) is 5.69 Å². The Labute approximate surface area is 276 Å². The standard InChI is InChI=1S/C44H35N3/c1-32-18-22-37(23-19-32)45(34-12-6-3-7-13-34)39-26-28-43-41(30-39)42-31-40(27-29-44(42)47(43)36-16-10-5-11-17-36)46(35-14-8-4-9-15-35)38-24-20-33(2)21-25-38/h3-31H,1-2H3. The zero-order valence-electron chi connectivity index (χ0n) is 26.6. The summed E-state index contributed by atoms with van der Waals surface area (Å²) in [6.45, 7) is 4.27. The molecule has 0 saturated carbocycles. The molecule has 3 heteroatoms. The Bertz CT molecular complexity index is 2140. The molecule has 1 aromatic heterocycles. The van der Waals surface area contributed by atoms with Crippen LogP contribution in [-0.4, -0.2) is 4.57 Å². The highest BCUT2D eigenvalue weighted by Gasteiger charge is 2.19. The predicted molar refractivity (Wildman–Crippen MR) is 200 cm³/mol. The summed E-state index contributed by atoms with van der Waals surface area (Å²) in [5.74, 6) is 0. The Hall–Kier alpha value is -6.06. The second-order valence-electron chi connectivity index (χ2n) is 12.1. The average Bonchev–Trinajstić information content (AvgIpc) is 3.45. The van der Waals surface area contributed by atoms with Gasteiger partial charge in [-0.15, -0.1) is 0 Å². The molecule has 0 unspecified atom stereocenters. The third kappa shape index (κ3) is 5.32. The van der Waals surface area contributed by atoms with E-state index in [0.29, 0.717) is 0 Å². The van der Waals surface area contributed by atoms with E-state index in [2.05, 4.69) is 204 Å². The average molecular weight is 606 g/mol. The number of hydrogen-bond donors (Lipinski definition) is 0. The van der Waals surface area contributed by atoms with Crippen LogP contribution in [-0.2, 0) is 0 Å². The maximum atomic E-state index is 2.38. The number of hydrogen-bond acceptors (Lipinski definition) is 2. The van der Waals surface area contributed by atoms with E-state index in [9.17, 15) is 0 Å². The molecule has 0 aliphatic carbocycles. The molecule has 0 amide bonds. The van der Waals surface area contributed by atoms with Crippen LogP contribution in [0.4, 0.5) is 34.1 Å². The van der Waals surface area contributed by atoms with Crippen molar-refractivity contribution in [3.63, 3.8) is 0 Å². The second-order valence-corrected chi connectivity index (χ2v) is 12.1. The summed E-state index contributed by atoms with van der Waals surface area (Å²) in [7, 11) is 0. The summed E-state index contributed by atoms with van der Waals surface area (Å²) in [4.78, 5) is 4.69. The van der Waals surface area contributed by atoms with Crippen LogP contribution in [0.3, 0.4) is 0 Å². The van der Waals surface area contributed by atoms with E-state index in [-0.39, 0.29) is 0 Å². The van der Waals surface area contributed by atoms with Crippen molar-refractivity contribution < 1.29 is 0 Å². The molecule has 0 aliphatic heterocycles. The quantitative estimate of drug-likeness (QED) is 0.179. The largest absolute Gasteiger partial charge is 0.310 e. The fourth-order valence-corrected chi connectivity index (χ4v) is 6.57. The lowest BCUT2D eigenvalue weighted by Gasteiger charge is -2.26. The van der Waals surface area contributed by atoms with Crippen LogP contribution in [0.5, 0.6) is 0 Å². The number of nitrogens with zero attached hydrogens (tertiary/aromatic N) is 3. The molecular weight excluding hydrogens is 571 g/mol. The van der Waals surface area contributed by atoms with Crippen molar-refractivity contribution in [1.82, 2.24) is 4.57 Å². The lowest BCUT2D eigenvalue weighted by Crippen LogP contribution is -2.10. The molecule has 0 bridgehead atoms. The summed E-state index contributed by atoms with van der Waals surface area (Å²) in [5.41, 5.74) is 12.7. The molecule has 3 nitrogen and oxygen atoms in total. The van der Waals surface area contributed by atoms with Crippen molar-refractivity contribution in [2.45, 2.75) is 13.8 Å². The van der Waals surface area contributed by atoms with Gasteiger partial charge in [0.05, 0.1) is 11.0 Å². The molecule has 0 fully saturated rings. The molecule has 0 N–H and O–H groups in total. The second kappa shape index (κ2) is 12.0. The summed E-state index contributed by atoms with van der Waals surface area (Å²) in [6.07, 6.45) is 0. The molecule has 0 spiro atoms. The third-order valence-electron chi connectivity index (χ3n) is 8.88. The van der Waals surface area contributed by atoms with Gasteiger partial charge < -0.3 is 14.4 Å². The van der Waals surface area contributed by atoms with Crippen LogP contribution in [0, 0.1) is 13.8 Å². The van der Waals surface area contributed by atoms with E-state index in [1.807, 2.05) is 0 Å². The lowest BCUT2D eigenvalue weighted by molar-refractivity contribution is 1.18. The smallest absolute Gasteiger partial charge is 0.0542 e. The van der Waals surface area contributed by atoms with Gasteiger partial charge in [-0.05, 0) is 111 Å². The maximum Gasteiger partial charge on any atom is 0.0542 e. The zero-order valence-corrected chi connectivity index (χ0v) is 26.6. The lowest BCUT2D eigenvalue weighted by atomic mass is 10.1. The number of para-hydroxylation sites is 3. The minimum Gasteiger partial charge on any atom is -0.310 e. The highest BCUT2D eigenvalue weighted by molar-refractivity contribution is 6.12. The highest BCUT2D eigenvalue weighted by Crippen LogP contribution is 2.42. The number of anilines is 6. The number of aryl methyl sites for hydroxylation is 2. The zero-order chi connectivity index (χ0) is 31.7. The highest BCUT2D eigenvalue weighted by atomic mass is 15.1. The molecule has 0 aliphatic rings. The van der Waals surface area contributed by atoms with Gasteiger partial charge in [-0.1, -0.05) is 90.0 Å². The number of benzene rings is 7. The van der Waals surface area contributed by atoms with Crippen LogP contribution in [0.1, 0.15) is 11.1 Å². The molecule has 226 valence electrons. The van der Waals surface area contributed by atoms with Crippen molar-refractivity contribution in [1.29, 1.82) is 0 Å². The van der Waals surface area contributed by atoms with Gasteiger partial charge in [0, 0.05) is 50.6 Å². The van der Waals surface area contributed by atoms with Gasteiger partial charge in [-0.3, -0.25) is 0 Å². The minimum atomic E-state index is 1.11. The number of fused-ring (bicyclic) bond motifs is 3. The summed E-state index contributed by atoms with van der Waals surface area (Å²) < 4.78 is 2.38. The first kappa shape index (κ1) is 28.4. The SMILES string of the molecule is Cc1ccc(N(c2ccccc2)c2ccc3c(c2)c2cc(N(c4ccccc4)c4ccc(C)cc4)ccc2n3-c2ccccc2)cc1. The van der Waals surface area contributed by atoms with Gasteiger partial charge in [0.15, 0.2) is 0 Å². The normalized spacial score (nSPS) is 11.2. The van der Waals surface area contributed by atoms with E-state index in [1.165, 1.54) is 32.9 Å². The Kier molecular flexibility index (Phi) is 7.28. The fraction of sp³-hybridized carbons (Fsp3) is 0.0455. The summed E-state index contributed by atoms with van der Waals surface area (Å²) >= 11 is 0. The van der Waals surface area contributed by atoms with Crippen LogP contribution in [0.2, 0.25) is 0 Å². The molecule has 0 atom stereocenters. The molecule has 0 radical (unpaired) electrons. The monoisotopic (exact) mass is 605 g/mol. The van der Waals surface area contributed by atoms with Crippen molar-refractivity contribution in [2.75, 3.05) is 9.80 Å². The molecule has 8 aromatic rings. The van der Waals surface area contributed by atoms with Crippen LogP contribution in [0.25, 0.3) is 27.5 Å². The van der Waals surface area contributed by atoms with Gasteiger partial charge in [-0.25, -0.2) is 0 Å². The first-order valence-electron chi connectivity index (χ1n) is 16.1. The molecule has 0 saturated heterocycles. The Morgan fingerprint density at radius 1 is 0.340 bits per heavy atom. The van der Waals surface area contributed by atoms with Crippen molar-refractivity contribution in [3.05, 3.63) is 187 Å². The van der Waals surface area contributed by atoms with Gasteiger partial charge in [0.2, 0.25) is 0 Å². The van der Waals surface area contributed by atoms with Crippen LogP contribution < -0.4 is 9.80 Å². The summed E-state index contributed by atoms with van der Waals surface area (Å²) in [5, 5.41) is 2.40. The van der Waals surface area contributed by atoms with Gasteiger partial charge in [0.25, 0.3) is 0 Å². The topological polar surface area (TPSA) is 11.4 Å². The van der Waals surface area contributed by atoms with Gasteiger partial charge in [0.1, 0.15) is 0 Å². The van der Waals surface area contributed by atoms with Gasteiger partial charge in [-0.2, -0.15) is 0 Å². The van der Waals surface area contributed by atoms with Crippen molar-refractivity contribution >= 4 is 55.9 Å². The van der Waals surface area contributed by atoms with E-state index in [0.717, 1.165) is 39.8 Å². The Morgan fingerprint density at radius 3 is 1.09 bits per heavy atom. The van der Waals surface area contributed by atoms with Crippen molar-refractivity contribution in [2.24, 2.45) is 0 Å². The molecule has 8 rings (SSSR count). The fourth-order valence-electron chi connectivity index (χ4n) is 6.57. The number of aromatic nitrogens is 1. The predicted octanol–water partition coefficient (Wildman–Crippen LogP) is 12.3. The molecule has 47 heavy (non-hydrogen) atoms.